The summed E-state index contributed by atoms with van der Waals surface area (Å²) < 4.78 is -0.541. The first-order valence-corrected chi connectivity index (χ1v) is 8.16. The number of alkyl halides is 3. The summed E-state index contributed by atoms with van der Waals surface area (Å²) in [4.78, 5) is 25.2. The number of carbonyl (C=O) groups excluding carboxylic acids is 2. The largest absolute Gasteiger partial charge is 0.347 e. The molecule has 2 aromatic rings. The second-order valence-electron chi connectivity index (χ2n) is 4.51. The first-order chi connectivity index (χ1) is 9.75. The van der Waals surface area contributed by atoms with Crippen LogP contribution in [0.3, 0.4) is 0 Å². The summed E-state index contributed by atoms with van der Waals surface area (Å²) in [6.07, 6.45) is 2.35. The summed E-state index contributed by atoms with van der Waals surface area (Å²) in [6.45, 7) is 1.99. The lowest BCUT2D eigenvalue weighted by Crippen LogP contribution is -2.21. The van der Waals surface area contributed by atoms with E-state index in [1.807, 2.05) is 18.4 Å². The van der Waals surface area contributed by atoms with Gasteiger partial charge in [0.1, 0.15) is 0 Å². The van der Waals surface area contributed by atoms with E-state index in [9.17, 15) is 9.59 Å². The minimum absolute atomic E-state index is 0.124. The molecular weight excluding hydrogens is 353 g/mol. The van der Waals surface area contributed by atoms with Gasteiger partial charge in [-0.05, 0) is 29.5 Å². The first kappa shape index (κ1) is 16.6. The van der Waals surface area contributed by atoms with E-state index in [1.165, 1.54) is 22.0 Å². The van der Waals surface area contributed by atoms with Gasteiger partial charge in [-0.2, -0.15) is 0 Å². The lowest BCUT2D eigenvalue weighted by atomic mass is 10.1. The summed E-state index contributed by atoms with van der Waals surface area (Å²) in [6, 6.07) is 3.39. The number of hydrogen-bond donors (Lipinski definition) is 0. The van der Waals surface area contributed by atoms with Crippen LogP contribution in [0.15, 0.2) is 23.7 Å². The molecule has 0 aliphatic carbocycles. The van der Waals surface area contributed by atoms with Gasteiger partial charge in [-0.1, -0.05) is 41.7 Å². The highest BCUT2D eigenvalue weighted by Gasteiger charge is 2.34. The molecule has 0 saturated carbocycles. The molecule has 2 rings (SSSR count). The Labute approximate surface area is 141 Å². The van der Waals surface area contributed by atoms with Gasteiger partial charge in [0.25, 0.3) is 3.79 Å². The summed E-state index contributed by atoms with van der Waals surface area (Å²) in [5.41, 5.74) is 1.59. The molecule has 0 N–H and O–H groups in total. The highest BCUT2D eigenvalue weighted by molar-refractivity contribution is 7.12. The zero-order valence-electron chi connectivity index (χ0n) is 11.3. The van der Waals surface area contributed by atoms with Crippen LogP contribution in [0.4, 0.5) is 0 Å². The van der Waals surface area contributed by atoms with E-state index in [0.717, 1.165) is 12.0 Å². The van der Waals surface area contributed by atoms with Gasteiger partial charge in [0.2, 0.25) is 11.6 Å². The fourth-order valence-corrected chi connectivity index (χ4v) is 3.25. The summed E-state index contributed by atoms with van der Waals surface area (Å²) >= 11 is 18.2. The topological polar surface area (TPSA) is 39.1 Å². The number of aryl methyl sites for hydroxylation is 2. The molecule has 0 saturated heterocycles. The molecule has 0 spiro atoms. The second-order valence-corrected chi connectivity index (χ2v) is 7.71. The Kier molecular flexibility index (Phi) is 4.83. The average molecular weight is 365 g/mol. The molecule has 0 bridgehead atoms. The number of rotatable bonds is 4. The molecule has 7 heteroatoms. The predicted octanol–water partition coefficient (Wildman–Crippen LogP) is 4.43. The van der Waals surface area contributed by atoms with Gasteiger partial charge in [0.05, 0.1) is 10.6 Å². The van der Waals surface area contributed by atoms with Crippen LogP contribution in [0, 0.1) is 0 Å². The van der Waals surface area contributed by atoms with Gasteiger partial charge < -0.3 is 4.57 Å². The van der Waals surface area contributed by atoms with Gasteiger partial charge in [0.15, 0.2) is 0 Å². The zero-order chi connectivity index (χ0) is 15.8. The maximum atomic E-state index is 12.5. The van der Waals surface area contributed by atoms with Crippen molar-refractivity contribution in [1.82, 2.24) is 4.57 Å². The third-order valence-electron chi connectivity index (χ3n) is 3.09. The summed E-state index contributed by atoms with van der Waals surface area (Å²) in [7, 11) is 1.63. The van der Waals surface area contributed by atoms with Crippen molar-refractivity contribution in [2.75, 3.05) is 0 Å². The van der Waals surface area contributed by atoms with E-state index >= 15 is 0 Å². The second kappa shape index (κ2) is 6.13. The molecular formula is C14H12Cl3NO2S. The van der Waals surface area contributed by atoms with Gasteiger partial charge in [0, 0.05) is 18.8 Å². The Hall–Kier alpha value is -0.810. The minimum Gasteiger partial charge on any atom is -0.347 e. The van der Waals surface area contributed by atoms with Crippen LogP contribution in [0.25, 0.3) is 0 Å². The lowest BCUT2D eigenvalue weighted by Gasteiger charge is -2.09. The molecule has 0 aliphatic heterocycles. The third kappa shape index (κ3) is 3.34. The van der Waals surface area contributed by atoms with Crippen LogP contribution >= 0.6 is 46.1 Å². The van der Waals surface area contributed by atoms with E-state index in [4.69, 9.17) is 34.8 Å². The molecule has 0 aromatic carbocycles. The molecule has 112 valence electrons. The molecule has 21 heavy (non-hydrogen) atoms. The molecule has 2 heterocycles. The smallest absolute Gasteiger partial charge is 0.255 e. The maximum Gasteiger partial charge on any atom is 0.255 e. The molecule has 0 amide bonds. The van der Waals surface area contributed by atoms with E-state index < -0.39 is 9.58 Å². The highest BCUT2D eigenvalue weighted by Crippen LogP contribution is 2.31. The van der Waals surface area contributed by atoms with E-state index in [1.54, 1.807) is 13.2 Å². The predicted molar refractivity (Wildman–Crippen MR) is 87.2 cm³/mol. The van der Waals surface area contributed by atoms with Gasteiger partial charge in [-0.3, -0.25) is 9.59 Å². The SMILES string of the molecule is CCc1ccsc1C(=O)c1cc(C(=O)C(Cl)(Cl)Cl)n(C)c1. The van der Waals surface area contributed by atoms with Crippen molar-refractivity contribution in [3.05, 3.63) is 45.4 Å². The van der Waals surface area contributed by atoms with Gasteiger partial charge in [-0.25, -0.2) is 0 Å². The quantitative estimate of drug-likeness (QED) is 0.594. The van der Waals surface area contributed by atoms with Crippen molar-refractivity contribution in [1.29, 1.82) is 0 Å². The van der Waals surface area contributed by atoms with E-state index in [0.29, 0.717) is 10.4 Å². The maximum absolute atomic E-state index is 12.5. The van der Waals surface area contributed by atoms with E-state index in [-0.39, 0.29) is 11.5 Å². The fraction of sp³-hybridized carbons (Fsp3) is 0.286. The number of ketones is 2. The van der Waals surface area contributed by atoms with Crippen molar-refractivity contribution in [3.8, 4) is 0 Å². The lowest BCUT2D eigenvalue weighted by molar-refractivity contribution is 0.0988. The number of thiophene rings is 1. The van der Waals surface area contributed by atoms with Crippen LogP contribution in [-0.4, -0.2) is 19.9 Å². The van der Waals surface area contributed by atoms with Crippen molar-refractivity contribution in [2.24, 2.45) is 7.05 Å². The van der Waals surface area contributed by atoms with E-state index in [2.05, 4.69) is 0 Å². The Morgan fingerprint density at radius 2 is 2.00 bits per heavy atom. The number of Topliss-reactive ketones (excluding diaryl/α,β-unsaturated/α-hetero) is 1. The minimum atomic E-state index is -2.04. The zero-order valence-corrected chi connectivity index (χ0v) is 14.4. The van der Waals surface area contributed by atoms with Gasteiger partial charge >= 0.3 is 0 Å². The molecule has 0 unspecified atom stereocenters. The van der Waals surface area contributed by atoms with Crippen LogP contribution in [-0.2, 0) is 13.5 Å². The van der Waals surface area contributed by atoms with Crippen molar-refractivity contribution >= 4 is 57.7 Å². The van der Waals surface area contributed by atoms with Crippen molar-refractivity contribution < 1.29 is 9.59 Å². The monoisotopic (exact) mass is 363 g/mol. The number of aromatic nitrogens is 1. The molecule has 0 atom stereocenters. The summed E-state index contributed by atoms with van der Waals surface area (Å²) in [5, 5.41) is 1.88. The Bertz CT molecular complexity index is 697. The molecule has 2 aromatic heterocycles. The normalized spacial score (nSPS) is 11.7. The highest BCUT2D eigenvalue weighted by atomic mass is 35.6. The standard InChI is InChI=1S/C14H12Cl3NO2S/c1-3-8-4-5-21-12(8)11(19)9-6-10(18(2)7-9)13(20)14(15,16)17/h4-7H,3H2,1-2H3. The Morgan fingerprint density at radius 1 is 1.33 bits per heavy atom. The van der Waals surface area contributed by atoms with Crippen LogP contribution in [0.1, 0.15) is 38.2 Å². The average Bonchev–Trinajstić information content (AvgIpc) is 3.01. The first-order valence-electron chi connectivity index (χ1n) is 6.14. The van der Waals surface area contributed by atoms with Crippen molar-refractivity contribution in [3.63, 3.8) is 0 Å². The Balaban J connectivity index is 2.39. The number of hydrogen-bond acceptors (Lipinski definition) is 3. The number of carbonyl (C=O) groups is 2. The Morgan fingerprint density at radius 3 is 2.57 bits per heavy atom. The number of nitrogens with zero attached hydrogens (tertiary/aromatic N) is 1. The molecule has 0 radical (unpaired) electrons. The number of halogens is 3. The summed E-state index contributed by atoms with van der Waals surface area (Å²) in [5.74, 6) is -0.781. The van der Waals surface area contributed by atoms with Gasteiger partial charge in [-0.15, -0.1) is 11.3 Å². The van der Waals surface area contributed by atoms with Crippen molar-refractivity contribution in [2.45, 2.75) is 17.1 Å². The van der Waals surface area contributed by atoms with Crippen LogP contribution in [0.5, 0.6) is 0 Å². The molecule has 0 aliphatic rings. The third-order valence-corrected chi connectivity index (χ3v) is 4.56. The molecule has 0 fully saturated rings. The van der Waals surface area contributed by atoms with Crippen LogP contribution in [0.2, 0.25) is 0 Å². The fourth-order valence-electron chi connectivity index (χ4n) is 2.00. The van der Waals surface area contributed by atoms with Crippen LogP contribution < -0.4 is 0 Å². The molecule has 3 nitrogen and oxygen atoms in total.